The Morgan fingerprint density at radius 3 is 2.52 bits per heavy atom. The van der Waals surface area contributed by atoms with Gasteiger partial charge in [0.1, 0.15) is 0 Å². The molecule has 0 atom stereocenters. The molecule has 0 bridgehead atoms. The van der Waals surface area contributed by atoms with Crippen molar-refractivity contribution in [3.8, 4) is 0 Å². The highest BCUT2D eigenvalue weighted by molar-refractivity contribution is 5.85. The molecule has 2 rings (SSSR count). The summed E-state index contributed by atoms with van der Waals surface area (Å²) < 4.78 is 0. The Labute approximate surface area is 129 Å². The average molecular weight is 315 g/mol. The van der Waals surface area contributed by atoms with E-state index in [2.05, 4.69) is 4.90 Å². The molecule has 1 aromatic rings. The van der Waals surface area contributed by atoms with Crippen LogP contribution < -0.4 is 10.6 Å². The minimum Gasteiger partial charge on any atom is -0.368 e. The quantitative estimate of drug-likeness (QED) is 0.661. The summed E-state index contributed by atoms with van der Waals surface area (Å²) in [5, 5.41) is 10.8. The zero-order valence-electron chi connectivity index (χ0n) is 11.6. The Morgan fingerprint density at radius 1 is 1.29 bits per heavy atom. The van der Waals surface area contributed by atoms with Crippen LogP contribution in [0, 0.1) is 10.1 Å². The van der Waals surface area contributed by atoms with E-state index in [9.17, 15) is 14.9 Å². The second-order valence-corrected chi connectivity index (χ2v) is 4.68. The van der Waals surface area contributed by atoms with Crippen molar-refractivity contribution in [3.63, 3.8) is 0 Å². The van der Waals surface area contributed by atoms with Gasteiger partial charge in [0.05, 0.1) is 4.92 Å². The standard InChI is InChI=1S/C13H18N4O3.ClH/c14-5-4-13(18)16-8-6-15(7-9-16)11-2-1-3-12(10-11)17(19)20;/h1-3,10H,4-9,14H2;1H. The average Bonchev–Trinajstić information content (AvgIpc) is 2.48. The number of non-ortho nitro benzene ring substituents is 1. The number of nitrogens with zero attached hydrogens (tertiary/aromatic N) is 3. The largest absolute Gasteiger partial charge is 0.368 e. The molecule has 7 nitrogen and oxygen atoms in total. The molecule has 1 aliphatic rings. The molecule has 0 unspecified atom stereocenters. The van der Waals surface area contributed by atoms with Gasteiger partial charge in [-0.1, -0.05) is 6.07 Å². The van der Waals surface area contributed by atoms with Gasteiger partial charge in [0.25, 0.3) is 5.69 Å². The molecule has 1 saturated heterocycles. The van der Waals surface area contributed by atoms with Crippen molar-refractivity contribution >= 4 is 29.7 Å². The van der Waals surface area contributed by atoms with E-state index in [1.807, 2.05) is 6.07 Å². The summed E-state index contributed by atoms with van der Waals surface area (Å²) >= 11 is 0. The molecule has 8 heteroatoms. The van der Waals surface area contributed by atoms with Gasteiger partial charge in [0.2, 0.25) is 5.91 Å². The number of anilines is 1. The van der Waals surface area contributed by atoms with Crippen LogP contribution in [0.25, 0.3) is 0 Å². The third-order valence-corrected chi connectivity index (χ3v) is 3.40. The van der Waals surface area contributed by atoms with E-state index in [-0.39, 0.29) is 24.0 Å². The van der Waals surface area contributed by atoms with Gasteiger partial charge in [-0.3, -0.25) is 14.9 Å². The molecule has 0 radical (unpaired) electrons. The Hall–Kier alpha value is -1.86. The first-order valence-corrected chi connectivity index (χ1v) is 6.59. The van der Waals surface area contributed by atoms with Crippen LogP contribution in [-0.4, -0.2) is 48.5 Å². The number of benzene rings is 1. The maximum Gasteiger partial charge on any atom is 0.271 e. The molecule has 0 aromatic heterocycles. The van der Waals surface area contributed by atoms with Gasteiger partial charge in [-0.25, -0.2) is 0 Å². The zero-order valence-corrected chi connectivity index (χ0v) is 12.4. The van der Waals surface area contributed by atoms with Crippen molar-refractivity contribution in [2.24, 2.45) is 5.73 Å². The van der Waals surface area contributed by atoms with Crippen molar-refractivity contribution in [1.29, 1.82) is 0 Å². The number of piperazine rings is 1. The maximum absolute atomic E-state index is 11.7. The summed E-state index contributed by atoms with van der Waals surface area (Å²) in [5.74, 6) is 0.0752. The normalized spacial score (nSPS) is 14.5. The lowest BCUT2D eigenvalue weighted by molar-refractivity contribution is -0.384. The molecule has 1 aromatic carbocycles. The number of halogens is 1. The molecule has 1 heterocycles. The molecule has 0 aliphatic carbocycles. The van der Waals surface area contributed by atoms with Crippen LogP contribution in [0.3, 0.4) is 0 Å². The number of nitro benzene ring substituents is 1. The van der Waals surface area contributed by atoms with Gasteiger partial charge in [0, 0.05) is 57.0 Å². The van der Waals surface area contributed by atoms with Crippen LogP contribution in [0.5, 0.6) is 0 Å². The molecular formula is C13H19ClN4O3. The van der Waals surface area contributed by atoms with Gasteiger partial charge in [0.15, 0.2) is 0 Å². The maximum atomic E-state index is 11.7. The van der Waals surface area contributed by atoms with E-state index < -0.39 is 4.92 Å². The van der Waals surface area contributed by atoms with E-state index in [4.69, 9.17) is 5.73 Å². The predicted octanol–water partition coefficient (Wildman–Crippen LogP) is 1.01. The highest BCUT2D eigenvalue weighted by Crippen LogP contribution is 2.22. The van der Waals surface area contributed by atoms with E-state index in [1.54, 1.807) is 17.0 Å². The molecular weight excluding hydrogens is 296 g/mol. The van der Waals surface area contributed by atoms with Gasteiger partial charge in [-0.15, -0.1) is 12.4 Å². The fourth-order valence-corrected chi connectivity index (χ4v) is 2.30. The van der Waals surface area contributed by atoms with Gasteiger partial charge >= 0.3 is 0 Å². The first-order chi connectivity index (χ1) is 9.61. The SMILES string of the molecule is Cl.NCCC(=O)N1CCN(c2cccc([N+](=O)[O-])c2)CC1. The zero-order chi connectivity index (χ0) is 14.5. The summed E-state index contributed by atoms with van der Waals surface area (Å²) in [7, 11) is 0. The smallest absolute Gasteiger partial charge is 0.271 e. The van der Waals surface area contributed by atoms with Crippen molar-refractivity contribution < 1.29 is 9.72 Å². The fraction of sp³-hybridized carbons (Fsp3) is 0.462. The Morgan fingerprint density at radius 2 is 1.95 bits per heavy atom. The van der Waals surface area contributed by atoms with Crippen LogP contribution in [0.1, 0.15) is 6.42 Å². The van der Waals surface area contributed by atoms with Crippen LogP contribution >= 0.6 is 12.4 Å². The minimum absolute atomic E-state index is 0. The van der Waals surface area contributed by atoms with Crippen LogP contribution in [0.2, 0.25) is 0 Å². The molecule has 1 fully saturated rings. The van der Waals surface area contributed by atoms with Gasteiger partial charge in [-0.2, -0.15) is 0 Å². The number of hydrogen-bond donors (Lipinski definition) is 1. The summed E-state index contributed by atoms with van der Waals surface area (Å²) in [6.07, 6.45) is 0.372. The number of rotatable bonds is 4. The van der Waals surface area contributed by atoms with Gasteiger partial charge in [-0.05, 0) is 6.07 Å². The second-order valence-electron chi connectivity index (χ2n) is 4.68. The van der Waals surface area contributed by atoms with Crippen molar-refractivity contribution in [1.82, 2.24) is 4.90 Å². The number of nitrogens with two attached hydrogens (primary N) is 1. The summed E-state index contributed by atoms with van der Waals surface area (Å²) in [6, 6.07) is 6.58. The molecule has 116 valence electrons. The van der Waals surface area contributed by atoms with E-state index in [0.717, 1.165) is 5.69 Å². The first kappa shape index (κ1) is 17.2. The Bertz CT molecular complexity index is 504. The summed E-state index contributed by atoms with van der Waals surface area (Å²) in [4.78, 5) is 25.9. The second kappa shape index (κ2) is 7.80. The lowest BCUT2D eigenvalue weighted by atomic mass is 10.2. The van der Waals surface area contributed by atoms with Crippen LogP contribution in [-0.2, 0) is 4.79 Å². The molecule has 21 heavy (non-hydrogen) atoms. The van der Waals surface area contributed by atoms with Crippen LogP contribution in [0.15, 0.2) is 24.3 Å². The lowest BCUT2D eigenvalue weighted by Crippen LogP contribution is -2.49. The molecule has 0 saturated carbocycles. The molecule has 1 aliphatic heterocycles. The lowest BCUT2D eigenvalue weighted by Gasteiger charge is -2.36. The fourth-order valence-electron chi connectivity index (χ4n) is 2.30. The number of amides is 1. The highest BCUT2D eigenvalue weighted by atomic mass is 35.5. The van der Waals surface area contributed by atoms with E-state index >= 15 is 0 Å². The topological polar surface area (TPSA) is 92.7 Å². The number of carbonyl (C=O) groups excluding carboxylic acids is 1. The van der Waals surface area contributed by atoms with E-state index in [0.29, 0.717) is 39.1 Å². The van der Waals surface area contributed by atoms with Crippen molar-refractivity contribution in [2.45, 2.75) is 6.42 Å². The highest BCUT2D eigenvalue weighted by Gasteiger charge is 2.21. The summed E-state index contributed by atoms with van der Waals surface area (Å²) in [6.45, 7) is 2.97. The third kappa shape index (κ3) is 4.30. The molecule has 0 spiro atoms. The molecule has 2 N–H and O–H groups in total. The number of carbonyl (C=O) groups is 1. The Balaban J connectivity index is 0.00000220. The summed E-state index contributed by atoms with van der Waals surface area (Å²) in [5.41, 5.74) is 6.29. The van der Waals surface area contributed by atoms with Crippen molar-refractivity contribution in [3.05, 3.63) is 34.4 Å². The van der Waals surface area contributed by atoms with E-state index in [1.165, 1.54) is 6.07 Å². The number of nitro groups is 1. The van der Waals surface area contributed by atoms with Crippen LogP contribution in [0.4, 0.5) is 11.4 Å². The monoisotopic (exact) mass is 314 g/mol. The molecule has 1 amide bonds. The predicted molar refractivity (Wildman–Crippen MR) is 82.8 cm³/mol. The minimum atomic E-state index is -0.398. The van der Waals surface area contributed by atoms with Gasteiger partial charge < -0.3 is 15.5 Å². The Kier molecular flexibility index (Phi) is 6.39. The first-order valence-electron chi connectivity index (χ1n) is 6.59. The number of hydrogen-bond acceptors (Lipinski definition) is 5. The third-order valence-electron chi connectivity index (χ3n) is 3.40. The van der Waals surface area contributed by atoms with Crippen molar-refractivity contribution in [2.75, 3.05) is 37.6 Å².